The Bertz CT molecular complexity index is 911. The maximum absolute atomic E-state index is 13.5. The quantitative estimate of drug-likeness (QED) is 0.724. The lowest BCUT2D eigenvalue weighted by atomic mass is 9.96. The minimum absolute atomic E-state index is 0.0635. The number of quaternary nitrogens is 1. The van der Waals surface area contributed by atoms with E-state index in [9.17, 15) is 13.6 Å². The van der Waals surface area contributed by atoms with Gasteiger partial charge in [0.05, 0.1) is 26.2 Å². The summed E-state index contributed by atoms with van der Waals surface area (Å²) < 4.78 is 27.0. The maximum atomic E-state index is 13.5. The predicted molar refractivity (Wildman–Crippen MR) is 108 cm³/mol. The van der Waals surface area contributed by atoms with Crippen LogP contribution < -0.4 is 4.90 Å². The molecule has 0 radical (unpaired) electrons. The zero-order valence-corrected chi connectivity index (χ0v) is 16.0. The molecule has 1 aliphatic heterocycles. The summed E-state index contributed by atoms with van der Waals surface area (Å²) in [5.41, 5.74) is 2.54. The maximum Gasteiger partial charge on any atom is 0.254 e. The number of carbonyl (C=O) groups is 1. The summed E-state index contributed by atoms with van der Waals surface area (Å²) in [5.74, 6) is -1.78. The van der Waals surface area contributed by atoms with E-state index in [0.717, 1.165) is 31.3 Å². The fourth-order valence-electron chi connectivity index (χ4n) is 4.10. The SMILES string of the molecule is O=C(c1cc(F)cc(F)c1)N1CC[NH+](C(c2ccccc2)c2ccccc2)CC1. The van der Waals surface area contributed by atoms with Gasteiger partial charge in [0.25, 0.3) is 5.91 Å². The average Bonchev–Trinajstić information content (AvgIpc) is 2.75. The van der Waals surface area contributed by atoms with Crippen molar-refractivity contribution >= 4 is 5.91 Å². The zero-order valence-electron chi connectivity index (χ0n) is 16.0. The van der Waals surface area contributed by atoms with Crippen molar-refractivity contribution in [1.29, 1.82) is 0 Å². The molecule has 4 rings (SSSR count). The smallest absolute Gasteiger partial charge is 0.254 e. The molecule has 0 atom stereocenters. The highest BCUT2D eigenvalue weighted by atomic mass is 19.1. The highest BCUT2D eigenvalue weighted by Crippen LogP contribution is 2.19. The van der Waals surface area contributed by atoms with Crippen LogP contribution in [0.25, 0.3) is 0 Å². The minimum atomic E-state index is -0.731. The van der Waals surface area contributed by atoms with E-state index in [-0.39, 0.29) is 17.5 Å². The van der Waals surface area contributed by atoms with Gasteiger partial charge < -0.3 is 9.80 Å². The Morgan fingerprint density at radius 2 is 1.28 bits per heavy atom. The van der Waals surface area contributed by atoms with Crippen LogP contribution >= 0.6 is 0 Å². The van der Waals surface area contributed by atoms with Crippen LogP contribution in [0, 0.1) is 11.6 Å². The molecular weight excluding hydrogens is 370 g/mol. The fraction of sp³-hybridized carbons (Fsp3) is 0.208. The van der Waals surface area contributed by atoms with Crippen LogP contribution in [0.1, 0.15) is 27.5 Å². The molecule has 3 aromatic rings. The van der Waals surface area contributed by atoms with E-state index in [1.165, 1.54) is 16.0 Å². The van der Waals surface area contributed by atoms with Gasteiger partial charge in [-0.15, -0.1) is 0 Å². The summed E-state index contributed by atoms with van der Waals surface area (Å²) in [5, 5.41) is 0. The largest absolute Gasteiger partial charge is 0.327 e. The Morgan fingerprint density at radius 1 is 0.793 bits per heavy atom. The summed E-state index contributed by atoms with van der Waals surface area (Å²) in [7, 11) is 0. The molecule has 0 aliphatic carbocycles. The van der Waals surface area contributed by atoms with Gasteiger partial charge in [-0.25, -0.2) is 8.78 Å². The summed E-state index contributed by atoms with van der Waals surface area (Å²) in [4.78, 5) is 15.8. The lowest BCUT2D eigenvalue weighted by molar-refractivity contribution is -0.929. The molecule has 0 aromatic heterocycles. The molecule has 0 bridgehead atoms. The first kappa shape index (κ1) is 19.3. The lowest BCUT2D eigenvalue weighted by Gasteiger charge is -2.37. The topological polar surface area (TPSA) is 24.8 Å². The lowest BCUT2D eigenvalue weighted by Crippen LogP contribution is -3.15. The molecule has 0 saturated carbocycles. The van der Waals surface area contributed by atoms with E-state index in [4.69, 9.17) is 0 Å². The molecule has 1 amide bonds. The summed E-state index contributed by atoms with van der Waals surface area (Å²) in [6.07, 6.45) is 0. The van der Waals surface area contributed by atoms with Crippen LogP contribution in [0.15, 0.2) is 78.9 Å². The van der Waals surface area contributed by atoms with E-state index in [1.807, 2.05) is 36.4 Å². The van der Waals surface area contributed by atoms with Gasteiger partial charge in [-0.1, -0.05) is 60.7 Å². The van der Waals surface area contributed by atoms with Crippen molar-refractivity contribution in [2.75, 3.05) is 26.2 Å². The number of piperazine rings is 1. The Kier molecular flexibility index (Phi) is 5.67. The number of benzene rings is 3. The van der Waals surface area contributed by atoms with Crippen molar-refractivity contribution in [3.05, 3.63) is 107 Å². The van der Waals surface area contributed by atoms with Gasteiger partial charge in [-0.3, -0.25) is 4.79 Å². The number of rotatable bonds is 4. The molecule has 1 aliphatic rings. The first-order valence-electron chi connectivity index (χ1n) is 9.81. The normalized spacial score (nSPS) is 14.9. The van der Waals surface area contributed by atoms with Crippen molar-refractivity contribution in [3.63, 3.8) is 0 Å². The predicted octanol–water partition coefficient (Wildman–Crippen LogP) is 3.10. The molecule has 0 spiro atoms. The first-order chi connectivity index (χ1) is 14.1. The number of nitrogens with zero attached hydrogens (tertiary/aromatic N) is 1. The number of hydrogen-bond donors (Lipinski definition) is 1. The molecule has 29 heavy (non-hydrogen) atoms. The van der Waals surface area contributed by atoms with Gasteiger partial charge in [-0.2, -0.15) is 0 Å². The van der Waals surface area contributed by atoms with Gasteiger partial charge in [0, 0.05) is 22.8 Å². The van der Waals surface area contributed by atoms with Gasteiger partial charge in [0.1, 0.15) is 17.7 Å². The van der Waals surface area contributed by atoms with Crippen molar-refractivity contribution in [2.45, 2.75) is 6.04 Å². The van der Waals surface area contributed by atoms with Gasteiger partial charge in [0.2, 0.25) is 0 Å². The fourth-order valence-corrected chi connectivity index (χ4v) is 4.10. The van der Waals surface area contributed by atoms with Crippen LogP contribution in [0.4, 0.5) is 8.78 Å². The van der Waals surface area contributed by atoms with Gasteiger partial charge in [0.15, 0.2) is 0 Å². The summed E-state index contributed by atoms with van der Waals surface area (Å²) >= 11 is 0. The first-order valence-corrected chi connectivity index (χ1v) is 9.81. The monoisotopic (exact) mass is 393 g/mol. The van der Waals surface area contributed by atoms with Crippen molar-refractivity contribution in [3.8, 4) is 0 Å². The van der Waals surface area contributed by atoms with E-state index < -0.39 is 11.6 Å². The van der Waals surface area contributed by atoms with Crippen LogP contribution in [0.5, 0.6) is 0 Å². The second kappa shape index (κ2) is 8.53. The molecule has 1 fully saturated rings. The molecule has 1 N–H and O–H groups in total. The summed E-state index contributed by atoms with van der Waals surface area (Å²) in [6, 6.07) is 23.9. The highest BCUT2D eigenvalue weighted by molar-refractivity contribution is 5.94. The van der Waals surface area contributed by atoms with E-state index in [0.29, 0.717) is 13.1 Å². The van der Waals surface area contributed by atoms with Crippen molar-refractivity contribution < 1.29 is 18.5 Å². The van der Waals surface area contributed by atoms with E-state index in [2.05, 4.69) is 24.3 Å². The van der Waals surface area contributed by atoms with Crippen LogP contribution in [-0.4, -0.2) is 37.0 Å². The molecule has 1 saturated heterocycles. The molecule has 1 heterocycles. The van der Waals surface area contributed by atoms with Crippen LogP contribution in [0.3, 0.4) is 0 Å². The molecule has 0 unspecified atom stereocenters. The van der Waals surface area contributed by atoms with E-state index in [1.54, 1.807) is 4.90 Å². The second-order valence-electron chi connectivity index (χ2n) is 7.36. The van der Waals surface area contributed by atoms with Gasteiger partial charge in [-0.05, 0) is 12.1 Å². The molecule has 148 valence electrons. The van der Waals surface area contributed by atoms with Crippen LogP contribution in [0.2, 0.25) is 0 Å². The molecule has 5 heteroatoms. The summed E-state index contributed by atoms with van der Waals surface area (Å²) in [6.45, 7) is 2.61. The third kappa shape index (κ3) is 4.35. The molecular formula is C24H23F2N2O+. The van der Waals surface area contributed by atoms with E-state index >= 15 is 0 Å². The van der Waals surface area contributed by atoms with Crippen molar-refractivity contribution in [2.24, 2.45) is 0 Å². The number of hydrogen-bond acceptors (Lipinski definition) is 1. The standard InChI is InChI=1S/C24H22F2N2O/c25-21-15-20(16-22(26)17-21)24(29)28-13-11-27(12-14-28)23(18-7-3-1-4-8-18)19-9-5-2-6-10-19/h1-10,15-17,23H,11-14H2/p+1. The number of halogens is 2. The Morgan fingerprint density at radius 3 is 1.76 bits per heavy atom. The molecule has 3 nitrogen and oxygen atoms in total. The Balaban J connectivity index is 1.52. The van der Waals surface area contributed by atoms with Crippen molar-refractivity contribution in [1.82, 2.24) is 4.90 Å². The number of carbonyl (C=O) groups excluding carboxylic acids is 1. The number of amides is 1. The Hall–Kier alpha value is -3.05. The highest BCUT2D eigenvalue weighted by Gasteiger charge is 2.31. The third-order valence-electron chi connectivity index (χ3n) is 5.48. The van der Waals surface area contributed by atoms with Gasteiger partial charge >= 0.3 is 0 Å². The van der Waals surface area contributed by atoms with Crippen LogP contribution in [-0.2, 0) is 0 Å². The minimum Gasteiger partial charge on any atom is -0.327 e. The average molecular weight is 393 g/mol. The zero-order chi connectivity index (χ0) is 20.2. The molecule has 3 aromatic carbocycles. The number of nitrogens with one attached hydrogen (secondary N) is 1. The second-order valence-corrected chi connectivity index (χ2v) is 7.36. The Labute approximate surface area is 169 Å². The third-order valence-corrected chi connectivity index (χ3v) is 5.48.